The summed E-state index contributed by atoms with van der Waals surface area (Å²) in [6.45, 7) is 5.90. The van der Waals surface area contributed by atoms with Gasteiger partial charge in [-0.3, -0.25) is 15.0 Å². The highest BCUT2D eigenvalue weighted by molar-refractivity contribution is 6.13. The van der Waals surface area contributed by atoms with E-state index < -0.39 is 41.2 Å². The Labute approximate surface area is 237 Å². The van der Waals surface area contributed by atoms with Crippen molar-refractivity contribution in [1.82, 2.24) is 14.8 Å². The number of aromatic nitrogens is 1. The molecule has 1 aliphatic carbocycles. The van der Waals surface area contributed by atoms with Crippen LogP contribution in [0.1, 0.15) is 55.0 Å². The lowest BCUT2D eigenvalue weighted by Crippen LogP contribution is -2.43. The summed E-state index contributed by atoms with van der Waals surface area (Å²) in [7, 11) is 0. The summed E-state index contributed by atoms with van der Waals surface area (Å²) in [5.41, 5.74) is 1.33. The Hall–Kier alpha value is -3.89. The molecule has 0 saturated heterocycles. The van der Waals surface area contributed by atoms with Crippen LogP contribution in [0.25, 0.3) is 0 Å². The van der Waals surface area contributed by atoms with Gasteiger partial charge in [0.25, 0.3) is 5.56 Å². The highest BCUT2D eigenvalue weighted by atomic mass is 19.4. The molecular weight excluding hydrogens is 535 g/mol. The minimum absolute atomic E-state index is 0.0599. The molecule has 0 atom stereocenters. The highest BCUT2D eigenvalue weighted by Crippen LogP contribution is 2.31. The molecule has 0 unspecified atom stereocenters. The van der Waals surface area contributed by atoms with Gasteiger partial charge in [0.2, 0.25) is 0 Å². The number of hydrogen-bond acceptors (Lipinski definition) is 5. The van der Waals surface area contributed by atoms with Gasteiger partial charge >= 0.3 is 12.1 Å². The van der Waals surface area contributed by atoms with Crippen LogP contribution in [0, 0.1) is 30.6 Å². The summed E-state index contributed by atoms with van der Waals surface area (Å²) in [5, 5.41) is 28.5. The molecule has 0 aliphatic heterocycles. The van der Waals surface area contributed by atoms with E-state index in [1.807, 2.05) is 44.2 Å². The van der Waals surface area contributed by atoms with Crippen molar-refractivity contribution in [2.24, 2.45) is 5.92 Å². The monoisotopic (exact) mass is 573 g/mol. The van der Waals surface area contributed by atoms with Crippen molar-refractivity contribution in [2.45, 2.75) is 78.2 Å². The van der Waals surface area contributed by atoms with E-state index in [9.17, 15) is 27.9 Å². The fraction of sp³-hybridized carbons (Fsp3) is 0.467. The minimum Gasteiger partial charge on any atom is -0.481 e. The first-order chi connectivity index (χ1) is 19.3. The number of carbonyl (C=O) groups is 1. The number of halogens is 3. The topological polar surface area (TPSA) is 122 Å². The van der Waals surface area contributed by atoms with Crippen molar-refractivity contribution in [1.29, 1.82) is 10.8 Å². The summed E-state index contributed by atoms with van der Waals surface area (Å²) in [4.78, 5) is 25.4. The second-order valence-electron chi connectivity index (χ2n) is 10.6. The normalized spacial score (nSPS) is 17.9. The molecule has 1 aromatic heterocycles. The van der Waals surface area contributed by atoms with Crippen molar-refractivity contribution >= 4 is 18.0 Å². The van der Waals surface area contributed by atoms with Crippen LogP contribution in [0.15, 0.2) is 52.5 Å². The fourth-order valence-corrected chi connectivity index (χ4v) is 5.20. The third kappa shape index (κ3) is 8.31. The number of alkyl halides is 3. The lowest BCUT2D eigenvalue weighted by atomic mass is 9.86. The molecule has 0 amide bonds. The predicted molar refractivity (Wildman–Crippen MR) is 153 cm³/mol. The van der Waals surface area contributed by atoms with Crippen LogP contribution in [-0.4, -0.2) is 51.4 Å². The lowest BCUT2D eigenvalue weighted by molar-refractivity contribution is -0.143. The van der Waals surface area contributed by atoms with E-state index in [0.717, 1.165) is 23.1 Å². The fourth-order valence-electron chi connectivity index (χ4n) is 5.20. The summed E-state index contributed by atoms with van der Waals surface area (Å²) in [5.74, 6) is -2.03. The smallest absolute Gasteiger partial charge is 0.431 e. The number of carboxylic acids is 1. The van der Waals surface area contributed by atoms with Crippen LogP contribution in [0.5, 0.6) is 0 Å². The van der Waals surface area contributed by atoms with Crippen molar-refractivity contribution in [3.8, 4) is 0 Å². The molecule has 1 heterocycles. The van der Waals surface area contributed by atoms with Gasteiger partial charge < -0.3 is 25.3 Å². The molecule has 8 nitrogen and oxygen atoms in total. The summed E-state index contributed by atoms with van der Waals surface area (Å²) in [6.07, 6.45) is -2.54. The predicted octanol–water partition coefficient (Wildman–Crippen LogP) is 5.21. The Bertz CT molecular complexity index is 1340. The molecule has 11 heteroatoms. The first kappa shape index (κ1) is 31.6. The number of hydrogen-bond donors (Lipinski definition) is 4. The van der Waals surface area contributed by atoms with Crippen molar-refractivity contribution < 1.29 is 23.1 Å². The van der Waals surface area contributed by atoms with Gasteiger partial charge in [0, 0.05) is 43.7 Å². The standard InChI is InChI=1S/C30H38F3N5O3/c1-4-21-5-7-22(8-6-21)18-37(13-14-38-20(3)15-19(2)16-26(38)39)28(35)25(17-34)27(30(31,32)33)36-24-11-9-23(10-12-24)29(40)41/h5-8,15-17,23-24,34-36H,4,9-14,18H2,1-3H3,(H,40,41)/b27-25+,34-17?,35-28?. The van der Waals surface area contributed by atoms with E-state index in [2.05, 4.69) is 5.32 Å². The molecule has 2 aromatic rings. The van der Waals surface area contributed by atoms with Crippen molar-refractivity contribution in [2.75, 3.05) is 6.54 Å². The van der Waals surface area contributed by atoms with Gasteiger partial charge in [0.15, 0.2) is 0 Å². The van der Waals surface area contributed by atoms with Gasteiger partial charge in [0.1, 0.15) is 11.5 Å². The van der Waals surface area contributed by atoms with Gasteiger partial charge in [-0.05, 0) is 68.7 Å². The highest BCUT2D eigenvalue weighted by Gasteiger charge is 2.40. The summed E-state index contributed by atoms with van der Waals surface area (Å²) >= 11 is 0. The molecular formula is C30H38F3N5O3. The SMILES string of the molecule is CCc1ccc(CN(CCn2c(C)cc(C)cc2=O)C(=N)/C(C=N)=C(/NC2CCC(C(=O)O)CC2)C(F)(F)F)cc1. The quantitative estimate of drug-likeness (QED) is 0.217. The Morgan fingerprint density at radius 3 is 2.24 bits per heavy atom. The zero-order chi connectivity index (χ0) is 30.3. The lowest BCUT2D eigenvalue weighted by Gasteiger charge is -2.32. The minimum atomic E-state index is -4.87. The third-order valence-corrected chi connectivity index (χ3v) is 7.57. The van der Waals surface area contributed by atoms with Crippen LogP contribution in [-0.2, 0) is 24.3 Å². The maximum absolute atomic E-state index is 14.4. The second kappa shape index (κ2) is 13.6. The number of aryl methyl sites for hydroxylation is 3. The van der Waals surface area contributed by atoms with E-state index in [0.29, 0.717) is 11.9 Å². The number of benzene rings is 1. The number of amidine groups is 1. The first-order valence-corrected chi connectivity index (χ1v) is 13.7. The van der Waals surface area contributed by atoms with Crippen molar-refractivity contribution in [3.05, 3.63) is 80.4 Å². The van der Waals surface area contributed by atoms with E-state index in [1.165, 1.54) is 15.5 Å². The van der Waals surface area contributed by atoms with E-state index >= 15 is 0 Å². The van der Waals surface area contributed by atoms with Crippen LogP contribution < -0.4 is 10.9 Å². The maximum Gasteiger partial charge on any atom is 0.431 e. The number of nitrogens with zero attached hydrogens (tertiary/aromatic N) is 2. The average molecular weight is 574 g/mol. The summed E-state index contributed by atoms with van der Waals surface area (Å²) in [6, 6.07) is 10.3. The Morgan fingerprint density at radius 2 is 1.73 bits per heavy atom. The molecule has 3 rings (SSSR count). The molecule has 1 aromatic carbocycles. The number of allylic oxidation sites excluding steroid dienone is 1. The second-order valence-corrected chi connectivity index (χ2v) is 10.6. The summed E-state index contributed by atoms with van der Waals surface area (Å²) < 4.78 is 44.6. The van der Waals surface area contributed by atoms with Crippen molar-refractivity contribution in [3.63, 3.8) is 0 Å². The number of carboxylic acid groups (broad SMARTS) is 1. The molecule has 1 fully saturated rings. The van der Waals surface area contributed by atoms with E-state index in [1.54, 1.807) is 6.92 Å². The maximum atomic E-state index is 14.4. The average Bonchev–Trinajstić information content (AvgIpc) is 2.91. The molecule has 41 heavy (non-hydrogen) atoms. The van der Waals surface area contributed by atoms with E-state index in [-0.39, 0.29) is 50.9 Å². The molecule has 1 aliphatic rings. The van der Waals surface area contributed by atoms with Crippen LogP contribution in [0.2, 0.25) is 0 Å². The number of rotatable bonds is 11. The Balaban J connectivity index is 1.95. The molecule has 0 radical (unpaired) electrons. The van der Waals surface area contributed by atoms with Crippen LogP contribution >= 0.6 is 0 Å². The van der Waals surface area contributed by atoms with Gasteiger partial charge in [-0.15, -0.1) is 0 Å². The molecule has 0 spiro atoms. The molecule has 222 valence electrons. The third-order valence-electron chi connectivity index (χ3n) is 7.57. The Kier molecular flexibility index (Phi) is 10.5. The molecule has 0 bridgehead atoms. The van der Waals surface area contributed by atoms with Crippen LogP contribution in [0.3, 0.4) is 0 Å². The van der Waals surface area contributed by atoms with E-state index in [4.69, 9.17) is 10.8 Å². The number of aliphatic carboxylic acids is 1. The van der Waals surface area contributed by atoms with Gasteiger partial charge in [-0.1, -0.05) is 31.2 Å². The van der Waals surface area contributed by atoms with Crippen LogP contribution in [0.4, 0.5) is 13.2 Å². The number of nitrogens with one attached hydrogen (secondary N) is 3. The Morgan fingerprint density at radius 1 is 1.12 bits per heavy atom. The zero-order valence-electron chi connectivity index (χ0n) is 23.6. The zero-order valence-corrected chi connectivity index (χ0v) is 23.6. The number of pyridine rings is 1. The van der Waals surface area contributed by atoms with Gasteiger partial charge in [-0.2, -0.15) is 13.2 Å². The van der Waals surface area contributed by atoms with Gasteiger partial charge in [0.05, 0.1) is 11.5 Å². The van der Waals surface area contributed by atoms with Gasteiger partial charge in [-0.25, -0.2) is 0 Å². The largest absolute Gasteiger partial charge is 0.481 e. The first-order valence-electron chi connectivity index (χ1n) is 13.7. The molecule has 1 saturated carbocycles. The molecule has 4 N–H and O–H groups in total.